The summed E-state index contributed by atoms with van der Waals surface area (Å²) in [7, 11) is 0. The normalized spacial score (nSPS) is 26.5. The summed E-state index contributed by atoms with van der Waals surface area (Å²) in [5.74, 6) is -4.21. The van der Waals surface area contributed by atoms with Crippen LogP contribution in [0.2, 0.25) is 0 Å². The van der Waals surface area contributed by atoms with Gasteiger partial charge < -0.3 is 29.0 Å². The Morgan fingerprint density at radius 3 is 1.86 bits per heavy atom. The predicted molar refractivity (Wildman–Crippen MR) is 86.1 cm³/mol. The zero-order valence-electron chi connectivity index (χ0n) is 15.8. The zero-order valence-corrected chi connectivity index (χ0v) is 15.8. The van der Waals surface area contributed by atoms with Crippen molar-refractivity contribution in [3.63, 3.8) is 0 Å². The van der Waals surface area contributed by atoms with Crippen molar-refractivity contribution in [2.45, 2.75) is 58.3 Å². The maximum Gasteiger partial charge on any atom is 0.305 e. The van der Waals surface area contributed by atoms with Crippen LogP contribution in [0.1, 0.15) is 27.7 Å². The standard InChI is InChI=1S/C16H22FNO10/c1-7(19)24-6-11-14(25-8(2)20)15(26-9(3)21)13(18-12(23)5-17)16(28-11)27-10(4)22/h11,13-16H,5-6H2,1-4H3,(H,18,23)/t11-,13-,14+,15-,16-/m1/s1. The third-order valence-electron chi connectivity index (χ3n) is 3.43. The van der Waals surface area contributed by atoms with Gasteiger partial charge in [-0.2, -0.15) is 0 Å². The Morgan fingerprint density at radius 1 is 0.857 bits per heavy atom. The van der Waals surface area contributed by atoms with Crippen molar-refractivity contribution in [2.75, 3.05) is 13.3 Å². The molecule has 0 aromatic carbocycles. The Balaban J connectivity index is 3.31. The van der Waals surface area contributed by atoms with E-state index in [1.54, 1.807) is 0 Å². The number of halogens is 1. The molecule has 1 aliphatic heterocycles. The number of rotatable bonds is 7. The molecule has 11 nitrogen and oxygen atoms in total. The first kappa shape index (κ1) is 23.3. The Hall–Kier alpha value is -2.76. The number of nitrogens with one attached hydrogen (secondary N) is 1. The van der Waals surface area contributed by atoms with Crippen LogP contribution in [0.15, 0.2) is 0 Å². The van der Waals surface area contributed by atoms with Crippen LogP contribution < -0.4 is 5.32 Å². The van der Waals surface area contributed by atoms with Crippen molar-refractivity contribution >= 4 is 29.8 Å². The molecular weight excluding hydrogens is 385 g/mol. The lowest BCUT2D eigenvalue weighted by atomic mass is 9.96. The van der Waals surface area contributed by atoms with Crippen LogP contribution in [0.3, 0.4) is 0 Å². The van der Waals surface area contributed by atoms with Crippen molar-refractivity contribution in [1.29, 1.82) is 0 Å². The first-order chi connectivity index (χ1) is 13.0. The fraction of sp³-hybridized carbons (Fsp3) is 0.688. The van der Waals surface area contributed by atoms with Crippen LogP contribution in [0.5, 0.6) is 0 Å². The highest BCUT2D eigenvalue weighted by Crippen LogP contribution is 2.28. The van der Waals surface area contributed by atoms with Gasteiger partial charge in [-0.15, -0.1) is 0 Å². The van der Waals surface area contributed by atoms with Gasteiger partial charge in [-0.25, -0.2) is 4.39 Å². The van der Waals surface area contributed by atoms with Gasteiger partial charge in [-0.1, -0.05) is 0 Å². The van der Waals surface area contributed by atoms with Crippen LogP contribution >= 0.6 is 0 Å². The van der Waals surface area contributed by atoms with E-state index in [0.29, 0.717) is 0 Å². The van der Waals surface area contributed by atoms with Crippen LogP contribution in [-0.4, -0.2) is 73.7 Å². The Labute approximate surface area is 159 Å². The van der Waals surface area contributed by atoms with E-state index in [2.05, 4.69) is 5.32 Å². The van der Waals surface area contributed by atoms with E-state index in [1.807, 2.05) is 0 Å². The maximum atomic E-state index is 12.7. The van der Waals surface area contributed by atoms with Gasteiger partial charge in [0.05, 0.1) is 0 Å². The van der Waals surface area contributed by atoms with Crippen molar-refractivity contribution in [1.82, 2.24) is 5.32 Å². The van der Waals surface area contributed by atoms with Crippen LogP contribution in [-0.2, 0) is 47.7 Å². The summed E-state index contributed by atoms with van der Waals surface area (Å²) >= 11 is 0. The highest BCUT2D eigenvalue weighted by Gasteiger charge is 2.52. The molecule has 158 valence electrons. The van der Waals surface area contributed by atoms with E-state index < -0.39 is 73.7 Å². The quantitative estimate of drug-likeness (QED) is 0.419. The van der Waals surface area contributed by atoms with Gasteiger partial charge in [0.25, 0.3) is 5.91 Å². The van der Waals surface area contributed by atoms with E-state index in [-0.39, 0.29) is 0 Å². The number of hydrogen-bond acceptors (Lipinski definition) is 10. The topological polar surface area (TPSA) is 144 Å². The highest BCUT2D eigenvalue weighted by molar-refractivity contribution is 5.77. The molecule has 1 N–H and O–H groups in total. The van der Waals surface area contributed by atoms with Gasteiger partial charge in [-0.05, 0) is 0 Å². The molecule has 0 bridgehead atoms. The molecule has 0 unspecified atom stereocenters. The summed E-state index contributed by atoms with van der Waals surface area (Å²) in [6.07, 6.45) is -5.52. The summed E-state index contributed by atoms with van der Waals surface area (Å²) in [4.78, 5) is 57.2. The summed E-state index contributed by atoms with van der Waals surface area (Å²) in [6.45, 7) is 2.45. The summed E-state index contributed by atoms with van der Waals surface area (Å²) < 4.78 is 38.3. The average molecular weight is 407 g/mol. The maximum absolute atomic E-state index is 12.7. The molecule has 0 aromatic heterocycles. The molecular formula is C16H22FNO10. The second kappa shape index (κ2) is 10.5. The molecule has 1 saturated heterocycles. The first-order valence-electron chi connectivity index (χ1n) is 8.21. The fourth-order valence-electron chi connectivity index (χ4n) is 2.54. The van der Waals surface area contributed by atoms with E-state index >= 15 is 0 Å². The molecule has 1 heterocycles. The average Bonchev–Trinajstić information content (AvgIpc) is 2.56. The largest absolute Gasteiger partial charge is 0.463 e. The Bertz CT molecular complexity index is 625. The van der Waals surface area contributed by atoms with Gasteiger partial charge in [0.2, 0.25) is 6.29 Å². The molecule has 0 radical (unpaired) electrons. The summed E-state index contributed by atoms with van der Waals surface area (Å²) in [6, 6.07) is -1.39. The molecule has 5 atom stereocenters. The van der Waals surface area contributed by atoms with E-state index in [4.69, 9.17) is 23.7 Å². The van der Waals surface area contributed by atoms with Gasteiger partial charge in [0.15, 0.2) is 18.9 Å². The third kappa shape index (κ3) is 7.10. The highest BCUT2D eigenvalue weighted by atomic mass is 19.1. The molecule has 0 aromatic rings. The van der Waals surface area contributed by atoms with Gasteiger partial charge in [-0.3, -0.25) is 24.0 Å². The van der Waals surface area contributed by atoms with Crippen molar-refractivity contribution in [3.8, 4) is 0 Å². The molecule has 12 heteroatoms. The lowest BCUT2D eigenvalue weighted by Gasteiger charge is -2.44. The molecule has 0 aliphatic carbocycles. The number of hydrogen-bond donors (Lipinski definition) is 1. The molecule has 0 saturated carbocycles. The number of carbonyl (C=O) groups excluding carboxylic acids is 5. The smallest absolute Gasteiger partial charge is 0.305 e. The SMILES string of the molecule is CC(=O)OC[C@H]1O[C@@H](OC(C)=O)[C@H](NC(=O)CF)[C@@H](OC(C)=O)[C@H]1OC(C)=O. The van der Waals surface area contributed by atoms with Gasteiger partial charge >= 0.3 is 23.9 Å². The monoisotopic (exact) mass is 407 g/mol. The minimum atomic E-state index is -1.54. The molecule has 1 rings (SSSR count). The van der Waals surface area contributed by atoms with E-state index in [9.17, 15) is 28.4 Å². The van der Waals surface area contributed by atoms with Gasteiger partial charge in [0, 0.05) is 27.7 Å². The third-order valence-corrected chi connectivity index (χ3v) is 3.43. The Morgan fingerprint density at radius 2 is 1.39 bits per heavy atom. The molecule has 1 amide bonds. The second-order valence-electron chi connectivity index (χ2n) is 5.83. The first-order valence-corrected chi connectivity index (χ1v) is 8.21. The molecule has 1 aliphatic rings. The number of amides is 1. The van der Waals surface area contributed by atoms with Crippen molar-refractivity contribution < 1.29 is 52.0 Å². The molecule has 0 spiro atoms. The predicted octanol–water partition coefficient (Wildman–Crippen LogP) is -0.845. The number of alkyl halides is 1. The van der Waals surface area contributed by atoms with E-state index in [0.717, 1.165) is 27.7 Å². The molecule has 28 heavy (non-hydrogen) atoms. The lowest BCUT2D eigenvalue weighted by Crippen LogP contribution is -2.67. The van der Waals surface area contributed by atoms with Crippen LogP contribution in [0.25, 0.3) is 0 Å². The fourth-order valence-corrected chi connectivity index (χ4v) is 2.54. The minimum absolute atomic E-state index is 0.438. The Kier molecular flexibility index (Phi) is 8.76. The summed E-state index contributed by atoms with van der Waals surface area (Å²) in [5, 5.41) is 2.18. The number of esters is 4. The van der Waals surface area contributed by atoms with Crippen molar-refractivity contribution in [2.24, 2.45) is 0 Å². The van der Waals surface area contributed by atoms with Crippen molar-refractivity contribution in [3.05, 3.63) is 0 Å². The summed E-state index contributed by atoms with van der Waals surface area (Å²) in [5.41, 5.74) is 0. The number of carbonyl (C=O) groups is 5. The van der Waals surface area contributed by atoms with Crippen LogP contribution in [0, 0.1) is 0 Å². The van der Waals surface area contributed by atoms with Gasteiger partial charge in [0.1, 0.15) is 18.8 Å². The lowest BCUT2D eigenvalue weighted by molar-refractivity contribution is -0.271. The van der Waals surface area contributed by atoms with E-state index in [1.165, 1.54) is 0 Å². The minimum Gasteiger partial charge on any atom is -0.463 e. The molecule has 1 fully saturated rings. The second-order valence-corrected chi connectivity index (χ2v) is 5.83. The number of ether oxygens (including phenoxy) is 5. The van der Waals surface area contributed by atoms with Crippen LogP contribution in [0.4, 0.5) is 4.39 Å². The zero-order chi connectivity index (χ0) is 21.4.